The minimum absolute atomic E-state index is 0.0178. The second kappa shape index (κ2) is 10.1. The fourth-order valence-corrected chi connectivity index (χ4v) is 4.90. The van der Waals surface area contributed by atoms with Crippen LogP contribution in [0.5, 0.6) is 0 Å². The lowest BCUT2D eigenvalue weighted by Crippen LogP contribution is -2.44. The van der Waals surface area contributed by atoms with Gasteiger partial charge in [-0.2, -0.15) is 0 Å². The molecule has 2 N–H and O–H groups in total. The molecule has 0 aromatic heterocycles. The van der Waals surface area contributed by atoms with Gasteiger partial charge in [-0.05, 0) is 44.4 Å². The van der Waals surface area contributed by atoms with Gasteiger partial charge in [0.2, 0.25) is 15.9 Å². The molecule has 0 aliphatic carbocycles. The summed E-state index contributed by atoms with van der Waals surface area (Å²) in [4.78, 5) is 25.8. The van der Waals surface area contributed by atoms with Gasteiger partial charge in [-0.1, -0.05) is 42.5 Å². The summed E-state index contributed by atoms with van der Waals surface area (Å²) < 4.78 is 25.8. The molecule has 2 aromatic rings. The highest BCUT2D eigenvalue weighted by Gasteiger charge is 2.31. The molecule has 0 bridgehead atoms. The van der Waals surface area contributed by atoms with Crippen LogP contribution in [0.3, 0.4) is 0 Å². The third-order valence-electron chi connectivity index (χ3n) is 5.59. The van der Waals surface area contributed by atoms with E-state index in [9.17, 15) is 18.0 Å². The third-order valence-corrected chi connectivity index (χ3v) is 7.44. The maximum absolute atomic E-state index is 12.9. The summed E-state index contributed by atoms with van der Waals surface area (Å²) in [6.45, 7) is 4.11. The minimum atomic E-state index is -3.33. The van der Waals surface area contributed by atoms with Crippen LogP contribution in [-0.2, 0) is 14.8 Å². The van der Waals surface area contributed by atoms with Crippen molar-refractivity contribution in [3.63, 3.8) is 0 Å². The molecule has 1 saturated heterocycles. The first-order valence-electron chi connectivity index (χ1n) is 10.6. The molecular formula is C23H29N3O4S. The number of carbonyl (C=O) groups excluding carboxylic acids is 2. The molecule has 166 valence electrons. The van der Waals surface area contributed by atoms with E-state index in [2.05, 4.69) is 10.6 Å². The van der Waals surface area contributed by atoms with E-state index in [0.717, 1.165) is 5.56 Å². The molecule has 2 amide bonds. The first-order valence-corrected chi connectivity index (χ1v) is 12.2. The number of nitrogens with one attached hydrogen (secondary N) is 2. The van der Waals surface area contributed by atoms with Crippen LogP contribution in [0.1, 0.15) is 48.7 Å². The van der Waals surface area contributed by atoms with Crippen molar-refractivity contribution in [3.8, 4) is 0 Å². The van der Waals surface area contributed by atoms with E-state index in [1.807, 2.05) is 37.3 Å². The minimum Gasteiger partial charge on any atom is -0.345 e. The van der Waals surface area contributed by atoms with Crippen LogP contribution in [0, 0.1) is 5.92 Å². The first-order chi connectivity index (χ1) is 14.8. The molecule has 0 spiro atoms. The molecule has 0 unspecified atom stereocenters. The Morgan fingerprint density at radius 1 is 1.10 bits per heavy atom. The van der Waals surface area contributed by atoms with E-state index >= 15 is 0 Å². The van der Waals surface area contributed by atoms with Gasteiger partial charge >= 0.3 is 0 Å². The molecule has 0 saturated carbocycles. The zero-order chi connectivity index (χ0) is 22.4. The average molecular weight is 444 g/mol. The number of carbonyl (C=O) groups is 2. The lowest BCUT2D eigenvalue weighted by atomic mass is 9.98. The van der Waals surface area contributed by atoms with Crippen LogP contribution in [0.2, 0.25) is 0 Å². The smallest absolute Gasteiger partial charge is 0.253 e. The van der Waals surface area contributed by atoms with Crippen molar-refractivity contribution in [2.75, 3.05) is 24.2 Å². The summed E-state index contributed by atoms with van der Waals surface area (Å²) in [6, 6.07) is 16.3. The normalized spacial score (nSPS) is 18.2. The van der Waals surface area contributed by atoms with Gasteiger partial charge in [0.1, 0.15) is 0 Å². The van der Waals surface area contributed by atoms with Gasteiger partial charge in [0.25, 0.3) is 5.91 Å². The highest BCUT2D eigenvalue weighted by atomic mass is 32.2. The Balaban J connectivity index is 1.70. The Kier molecular flexibility index (Phi) is 7.46. The standard InChI is InChI=1S/C23H29N3O4S/c1-3-31(29,30)26-15-9-12-19(16-26)22(27)25-21-14-8-7-13-20(21)23(28)24-17(2)18-10-5-4-6-11-18/h4-8,10-11,13-14,17,19H,3,9,12,15-16H2,1-2H3,(H,24,28)(H,25,27)/t17-,19-/m1/s1. The van der Waals surface area contributed by atoms with Crippen LogP contribution < -0.4 is 10.6 Å². The number of amides is 2. The number of sulfonamides is 1. The molecule has 8 heteroatoms. The predicted molar refractivity (Wildman–Crippen MR) is 121 cm³/mol. The van der Waals surface area contributed by atoms with Crippen molar-refractivity contribution >= 4 is 27.5 Å². The second-order valence-electron chi connectivity index (χ2n) is 7.74. The van der Waals surface area contributed by atoms with Gasteiger partial charge in [-0.15, -0.1) is 0 Å². The highest BCUT2D eigenvalue weighted by Crippen LogP contribution is 2.23. The topological polar surface area (TPSA) is 95.6 Å². The summed E-state index contributed by atoms with van der Waals surface area (Å²) in [6.07, 6.45) is 1.25. The quantitative estimate of drug-likeness (QED) is 0.687. The van der Waals surface area contributed by atoms with E-state index in [-0.39, 0.29) is 30.2 Å². The maximum atomic E-state index is 12.9. The average Bonchev–Trinajstić information content (AvgIpc) is 2.80. The molecule has 7 nitrogen and oxygen atoms in total. The van der Waals surface area contributed by atoms with Crippen molar-refractivity contribution in [2.24, 2.45) is 5.92 Å². The fraction of sp³-hybridized carbons (Fsp3) is 0.391. The molecule has 1 fully saturated rings. The second-order valence-corrected chi connectivity index (χ2v) is 10.00. The Morgan fingerprint density at radius 3 is 2.48 bits per heavy atom. The SMILES string of the molecule is CCS(=O)(=O)N1CCC[C@@H](C(=O)Nc2ccccc2C(=O)N[C@H](C)c2ccccc2)C1. The Hall–Kier alpha value is -2.71. The highest BCUT2D eigenvalue weighted by molar-refractivity contribution is 7.89. The van der Waals surface area contributed by atoms with Crippen LogP contribution in [0.15, 0.2) is 54.6 Å². The number of rotatable bonds is 7. The Bertz CT molecular complexity index is 1020. The number of hydrogen-bond acceptors (Lipinski definition) is 4. The van der Waals surface area contributed by atoms with E-state index in [0.29, 0.717) is 30.6 Å². The molecule has 3 rings (SSSR count). The predicted octanol–water partition coefficient (Wildman–Crippen LogP) is 3.18. The summed E-state index contributed by atoms with van der Waals surface area (Å²) in [5.41, 5.74) is 1.77. The summed E-state index contributed by atoms with van der Waals surface area (Å²) in [7, 11) is -3.33. The summed E-state index contributed by atoms with van der Waals surface area (Å²) in [5, 5.41) is 5.81. The molecule has 1 heterocycles. The molecule has 31 heavy (non-hydrogen) atoms. The first kappa shape index (κ1) is 23.0. The van der Waals surface area contributed by atoms with Gasteiger partial charge in [0.05, 0.1) is 29.0 Å². The van der Waals surface area contributed by atoms with Crippen molar-refractivity contribution in [2.45, 2.75) is 32.7 Å². The molecule has 1 aliphatic heterocycles. The number of para-hydroxylation sites is 1. The largest absolute Gasteiger partial charge is 0.345 e. The molecule has 2 atom stereocenters. The lowest BCUT2D eigenvalue weighted by Gasteiger charge is -2.31. The number of nitrogens with zero attached hydrogens (tertiary/aromatic N) is 1. The van der Waals surface area contributed by atoms with Crippen LogP contribution in [0.4, 0.5) is 5.69 Å². The van der Waals surface area contributed by atoms with Crippen LogP contribution >= 0.6 is 0 Å². The van der Waals surface area contributed by atoms with Gasteiger partial charge in [-0.3, -0.25) is 9.59 Å². The Morgan fingerprint density at radius 2 is 1.77 bits per heavy atom. The monoisotopic (exact) mass is 443 g/mol. The summed E-state index contributed by atoms with van der Waals surface area (Å²) in [5.74, 6) is -0.989. The third kappa shape index (κ3) is 5.71. The lowest BCUT2D eigenvalue weighted by molar-refractivity contribution is -0.120. The maximum Gasteiger partial charge on any atom is 0.253 e. The van der Waals surface area contributed by atoms with E-state index < -0.39 is 15.9 Å². The number of piperidine rings is 1. The van der Waals surface area contributed by atoms with Crippen molar-refractivity contribution in [3.05, 3.63) is 65.7 Å². The van der Waals surface area contributed by atoms with E-state index in [1.165, 1.54) is 4.31 Å². The number of hydrogen-bond donors (Lipinski definition) is 2. The zero-order valence-corrected chi connectivity index (χ0v) is 18.7. The van der Waals surface area contributed by atoms with Gasteiger partial charge < -0.3 is 10.6 Å². The van der Waals surface area contributed by atoms with Crippen molar-refractivity contribution in [1.82, 2.24) is 9.62 Å². The molecule has 2 aromatic carbocycles. The van der Waals surface area contributed by atoms with Crippen LogP contribution in [-0.4, -0.2) is 43.4 Å². The number of anilines is 1. The van der Waals surface area contributed by atoms with Gasteiger partial charge in [0, 0.05) is 13.1 Å². The summed E-state index contributed by atoms with van der Waals surface area (Å²) >= 11 is 0. The van der Waals surface area contributed by atoms with Gasteiger partial charge in [-0.25, -0.2) is 12.7 Å². The number of benzene rings is 2. The van der Waals surface area contributed by atoms with Crippen molar-refractivity contribution < 1.29 is 18.0 Å². The van der Waals surface area contributed by atoms with Crippen LogP contribution in [0.25, 0.3) is 0 Å². The Labute approximate surface area is 183 Å². The van der Waals surface area contributed by atoms with E-state index in [1.54, 1.807) is 31.2 Å². The van der Waals surface area contributed by atoms with Crippen molar-refractivity contribution in [1.29, 1.82) is 0 Å². The molecule has 0 radical (unpaired) electrons. The molecule has 1 aliphatic rings. The van der Waals surface area contributed by atoms with Gasteiger partial charge in [0.15, 0.2) is 0 Å². The zero-order valence-electron chi connectivity index (χ0n) is 17.9. The molecular weight excluding hydrogens is 414 g/mol. The fourth-order valence-electron chi connectivity index (χ4n) is 3.72. The van der Waals surface area contributed by atoms with E-state index in [4.69, 9.17) is 0 Å².